The molecule has 0 radical (unpaired) electrons. The standard InChI is InChI=1S/C25H21ClN4O4S/c1-34-21-13-11-20(12-14-21)30(35(32,33)22-8-3-2-4-9-22)17-24(31)29-27-16-19-15-18-7-5-6-10-23(18)28-25(19)26/h2-16H,17H2,1H3,(H,29,31)/b27-16+. The quantitative estimate of drug-likeness (QED) is 0.218. The van der Waals surface area contributed by atoms with Crippen molar-refractivity contribution in [3.05, 3.63) is 95.6 Å². The van der Waals surface area contributed by atoms with Crippen LogP contribution in [0.15, 0.2) is 94.9 Å². The highest BCUT2D eigenvalue weighted by Crippen LogP contribution is 2.25. The summed E-state index contributed by atoms with van der Waals surface area (Å²) in [4.78, 5) is 17.1. The Morgan fingerprint density at radius 1 is 1.06 bits per heavy atom. The lowest BCUT2D eigenvalue weighted by atomic mass is 10.2. The van der Waals surface area contributed by atoms with Crippen LogP contribution < -0.4 is 14.5 Å². The van der Waals surface area contributed by atoms with Crippen LogP contribution in [0.1, 0.15) is 5.56 Å². The maximum absolute atomic E-state index is 13.3. The van der Waals surface area contributed by atoms with E-state index in [2.05, 4.69) is 15.5 Å². The van der Waals surface area contributed by atoms with Gasteiger partial charge in [0, 0.05) is 10.9 Å². The molecule has 3 aromatic carbocycles. The first-order chi connectivity index (χ1) is 16.9. The first-order valence-electron chi connectivity index (χ1n) is 10.5. The number of nitrogens with one attached hydrogen (secondary N) is 1. The fourth-order valence-corrected chi connectivity index (χ4v) is 4.96. The molecule has 0 atom stereocenters. The van der Waals surface area contributed by atoms with Gasteiger partial charge in [-0.1, -0.05) is 48.0 Å². The smallest absolute Gasteiger partial charge is 0.264 e. The van der Waals surface area contributed by atoms with Crippen molar-refractivity contribution < 1.29 is 17.9 Å². The summed E-state index contributed by atoms with van der Waals surface area (Å²) in [6.45, 7) is -0.495. The van der Waals surface area contributed by atoms with Gasteiger partial charge in [-0.3, -0.25) is 9.10 Å². The maximum atomic E-state index is 13.3. The van der Waals surface area contributed by atoms with Gasteiger partial charge in [-0.25, -0.2) is 18.8 Å². The van der Waals surface area contributed by atoms with E-state index in [1.165, 1.54) is 25.5 Å². The number of para-hydroxylation sites is 1. The lowest BCUT2D eigenvalue weighted by Gasteiger charge is -2.23. The topological polar surface area (TPSA) is 101 Å². The number of aromatic nitrogens is 1. The zero-order chi connectivity index (χ0) is 24.8. The van der Waals surface area contributed by atoms with Crippen LogP contribution in [0.3, 0.4) is 0 Å². The molecule has 178 valence electrons. The number of ether oxygens (including phenoxy) is 1. The fraction of sp³-hybridized carbons (Fsp3) is 0.0800. The number of halogens is 1. The molecular formula is C25H21ClN4O4S. The minimum absolute atomic E-state index is 0.0566. The molecule has 0 aliphatic heterocycles. The third-order valence-corrected chi connectivity index (χ3v) is 7.17. The van der Waals surface area contributed by atoms with Crippen molar-refractivity contribution in [1.82, 2.24) is 10.4 Å². The minimum Gasteiger partial charge on any atom is -0.497 e. The van der Waals surface area contributed by atoms with Gasteiger partial charge in [0.25, 0.3) is 15.9 Å². The van der Waals surface area contributed by atoms with Crippen LogP contribution in [-0.4, -0.2) is 39.2 Å². The highest BCUT2D eigenvalue weighted by atomic mass is 35.5. The number of hydrogen-bond donors (Lipinski definition) is 1. The monoisotopic (exact) mass is 508 g/mol. The number of carbonyl (C=O) groups excluding carboxylic acids is 1. The Bertz CT molecular complexity index is 1480. The summed E-state index contributed by atoms with van der Waals surface area (Å²) in [7, 11) is -2.52. The summed E-state index contributed by atoms with van der Waals surface area (Å²) in [5, 5.41) is 5.04. The summed E-state index contributed by atoms with van der Waals surface area (Å²) in [6, 6.07) is 23.5. The van der Waals surface area contributed by atoms with Gasteiger partial charge in [-0.15, -0.1) is 0 Å². The second-order valence-electron chi connectivity index (χ2n) is 7.38. The van der Waals surface area contributed by atoms with Gasteiger partial charge in [0.15, 0.2) is 0 Å². The average molecular weight is 509 g/mol. The van der Waals surface area contributed by atoms with Crippen molar-refractivity contribution in [2.75, 3.05) is 18.0 Å². The Balaban J connectivity index is 1.56. The van der Waals surface area contributed by atoms with E-state index in [0.717, 1.165) is 15.2 Å². The Morgan fingerprint density at radius 2 is 1.74 bits per heavy atom. The molecule has 35 heavy (non-hydrogen) atoms. The molecule has 1 N–H and O–H groups in total. The average Bonchev–Trinajstić information content (AvgIpc) is 2.88. The number of pyridine rings is 1. The minimum atomic E-state index is -4.03. The number of carbonyl (C=O) groups is 1. The number of amides is 1. The maximum Gasteiger partial charge on any atom is 0.264 e. The Morgan fingerprint density at radius 3 is 2.46 bits per heavy atom. The molecule has 0 fully saturated rings. The highest BCUT2D eigenvalue weighted by molar-refractivity contribution is 7.92. The first kappa shape index (κ1) is 24.2. The summed E-state index contributed by atoms with van der Waals surface area (Å²) in [5.74, 6) is -0.0813. The summed E-state index contributed by atoms with van der Waals surface area (Å²) >= 11 is 6.22. The van der Waals surface area contributed by atoms with Crippen LogP contribution in [0.2, 0.25) is 5.15 Å². The lowest BCUT2D eigenvalue weighted by Crippen LogP contribution is -2.39. The Kier molecular flexibility index (Phi) is 7.28. The molecule has 4 rings (SSSR count). The zero-order valence-electron chi connectivity index (χ0n) is 18.6. The molecule has 10 heteroatoms. The number of rotatable bonds is 8. The second-order valence-corrected chi connectivity index (χ2v) is 9.60. The van der Waals surface area contributed by atoms with Crippen molar-refractivity contribution in [1.29, 1.82) is 0 Å². The summed E-state index contributed by atoms with van der Waals surface area (Å²) < 4.78 is 32.8. The van der Waals surface area contributed by atoms with E-state index in [1.807, 2.05) is 24.3 Å². The zero-order valence-corrected chi connectivity index (χ0v) is 20.2. The van der Waals surface area contributed by atoms with E-state index < -0.39 is 22.5 Å². The predicted octanol–water partition coefficient (Wildman–Crippen LogP) is 4.24. The number of nitrogens with zero attached hydrogens (tertiary/aromatic N) is 3. The van der Waals surface area contributed by atoms with E-state index in [-0.39, 0.29) is 10.0 Å². The summed E-state index contributed by atoms with van der Waals surface area (Å²) in [5.41, 5.74) is 3.91. The Hall–Kier alpha value is -3.95. The van der Waals surface area contributed by atoms with Crippen LogP contribution in [0.4, 0.5) is 5.69 Å². The van der Waals surface area contributed by atoms with Crippen molar-refractivity contribution in [3.8, 4) is 5.75 Å². The van der Waals surface area contributed by atoms with E-state index in [4.69, 9.17) is 16.3 Å². The Labute approximate surface area is 207 Å². The number of benzene rings is 3. The molecule has 1 amide bonds. The molecule has 8 nitrogen and oxygen atoms in total. The molecular weight excluding hydrogens is 488 g/mol. The van der Waals surface area contributed by atoms with Gasteiger partial charge in [-0.05, 0) is 48.5 Å². The molecule has 1 aromatic heterocycles. The highest BCUT2D eigenvalue weighted by Gasteiger charge is 2.27. The molecule has 4 aromatic rings. The SMILES string of the molecule is COc1ccc(N(CC(=O)N/N=C/c2cc3ccccc3nc2Cl)S(=O)(=O)c2ccccc2)cc1. The third-order valence-electron chi connectivity index (χ3n) is 5.08. The first-order valence-corrected chi connectivity index (χ1v) is 12.3. The fourth-order valence-electron chi connectivity index (χ4n) is 3.32. The number of anilines is 1. The van der Waals surface area contributed by atoms with Crippen molar-refractivity contribution in [2.24, 2.45) is 5.10 Å². The normalized spacial score (nSPS) is 11.5. The van der Waals surface area contributed by atoms with Crippen molar-refractivity contribution in [3.63, 3.8) is 0 Å². The predicted molar refractivity (Wildman–Crippen MR) is 136 cm³/mol. The van der Waals surface area contributed by atoms with Gasteiger partial charge in [0.2, 0.25) is 0 Å². The number of hydrogen-bond acceptors (Lipinski definition) is 6. The van der Waals surface area contributed by atoms with Gasteiger partial charge < -0.3 is 4.74 Å². The van der Waals surface area contributed by atoms with E-state index in [1.54, 1.807) is 48.5 Å². The van der Waals surface area contributed by atoms with E-state index in [0.29, 0.717) is 17.0 Å². The second kappa shape index (κ2) is 10.5. The van der Waals surface area contributed by atoms with Gasteiger partial charge in [0.1, 0.15) is 17.4 Å². The number of fused-ring (bicyclic) bond motifs is 1. The van der Waals surface area contributed by atoms with Crippen LogP contribution in [0, 0.1) is 0 Å². The molecule has 0 saturated heterocycles. The molecule has 0 bridgehead atoms. The van der Waals surface area contributed by atoms with Crippen molar-refractivity contribution in [2.45, 2.75) is 4.90 Å². The number of hydrazone groups is 1. The number of sulfonamides is 1. The molecule has 0 spiro atoms. The van der Waals surface area contributed by atoms with Crippen LogP contribution >= 0.6 is 11.6 Å². The van der Waals surface area contributed by atoms with Crippen LogP contribution in [0.25, 0.3) is 10.9 Å². The van der Waals surface area contributed by atoms with Gasteiger partial charge in [-0.2, -0.15) is 5.10 Å². The largest absolute Gasteiger partial charge is 0.497 e. The van der Waals surface area contributed by atoms with Gasteiger partial charge >= 0.3 is 0 Å². The molecule has 1 heterocycles. The molecule has 0 aliphatic carbocycles. The van der Waals surface area contributed by atoms with Crippen molar-refractivity contribution >= 4 is 50.3 Å². The molecule has 0 saturated carbocycles. The number of methoxy groups -OCH3 is 1. The van der Waals surface area contributed by atoms with E-state index in [9.17, 15) is 13.2 Å². The third kappa shape index (κ3) is 5.59. The summed E-state index contributed by atoms with van der Waals surface area (Å²) in [6.07, 6.45) is 1.36. The van der Waals surface area contributed by atoms with E-state index >= 15 is 0 Å². The molecule has 0 unspecified atom stereocenters. The lowest BCUT2D eigenvalue weighted by molar-refractivity contribution is -0.119. The van der Waals surface area contributed by atoms with Crippen LogP contribution in [0.5, 0.6) is 5.75 Å². The van der Waals surface area contributed by atoms with Gasteiger partial charge in [0.05, 0.1) is 29.4 Å². The molecule has 0 aliphatic rings. The van der Waals surface area contributed by atoms with Crippen LogP contribution in [-0.2, 0) is 14.8 Å².